The summed E-state index contributed by atoms with van der Waals surface area (Å²) in [5.41, 5.74) is 6.41. The molecule has 0 atom stereocenters. The van der Waals surface area contributed by atoms with E-state index in [1.807, 2.05) is 30.3 Å². The van der Waals surface area contributed by atoms with Crippen molar-refractivity contribution in [1.82, 2.24) is 0 Å². The first-order valence-corrected chi connectivity index (χ1v) is 4.62. The smallest absolute Gasteiger partial charge is 0.149 e. The minimum absolute atomic E-state index is 0.627. The molecule has 72 valence electrons. The van der Waals surface area contributed by atoms with E-state index in [1.165, 1.54) is 0 Å². The molecule has 0 unspecified atom stereocenters. The first-order chi connectivity index (χ1) is 6.72. The predicted octanol–water partition coefficient (Wildman–Crippen LogP) is 3.08. The molecule has 2 aromatic rings. The molecule has 14 heavy (non-hydrogen) atoms. The zero-order valence-electron chi connectivity index (χ0n) is 7.75. The third-order valence-corrected chi connectivity index (χ3v) is 2.40. The van der Waals surface area contributed by atoms with E-state index in [9.17, 15) is 0 Å². The van der Waals surface area contributed by atoms with Crippen LogP contribution in [-0.2, 0) is 0 Å². The lowest BCUT2D eigenvalue weighted by molar-refractivity contribution is 0.422. The van der Waals surface area contributed by atoms with Gasteiger partial charge in [-0.1, -0.05) is 23.7 Å². The highest BCUT2D eigenvalue weighted by atomic mass is 35.5. The van der Waals surface area contributed by atoms with Crippen LogP contribution in [0, 0.1) is 0 Å². The van der Waals surface area contributed by atoms with Gasteiger partial charge in [0.1, 0.15) is 5.75 Å². The molecule has 0 heterocycles. The minimum Gasteiger partial charge on any atom is -0.494 e. The van der Waals surface area contributed by atoms with Crippen LogP contribution in [0.5, 0.6) is 5.75 Å². The Morgan fingerprint density at radius 3 is 2.64 bits per heavy atom. The lowest BCUT2D eigenvalue weighted by Crippen LogP contribution is -1.92. The quantitative estimate of drug-likeness (QED) is 0.730. The Kier molecular flexibility index (Phi) is 2.22. The van der Waals surface area contributed by atoms with Crippen molar-refractivity contribution in [2.75, 3.05) is 12.8 Å². The summed E-state index contributed by atoms with van der Waals surface area (Å²) < 4.78 is 5.23. The molecule has 2 N–H and O–H groups in total. The van der Waals surface area contributed by atoms with Gasteiger partial charge in [-0.3, -0.25) is 0 Å². The van der Waals surface area contributed by atoms with Gasteiger partial charge in [0.2, 0.25) is 0 Å². The normalized spacial score (nSPS) is 10.4. The van der Waals surface area contributed by atoms with E-state index in [0.29, 0.717) is 16.5 Å². The summed E-state index contributed by atoms with van der Waals surface area (Å²) in [6, 6.07) is 9.42. The second kappa shape index (κ2) is 3.39. The maximum Gasteiger partial charge on any atom is 0.149 e. The van der Waals surface area contributed by atoms with Gasteiger partial charge in [0.15, 0.2) is 0 Å². The predicted molar refractivity (Wildman–Crippen MR) is 59.9 cm³/mol. The second-order valence-corrected chi connectivity index (χ2v) is 3.49. The molecular weight excluding hydrogens is 198 g/mol. The standard InChI is InChI=1S/C11H10ClNO/c1-14-11-9-6-8(12)4-2-7(9)3-5-10(11)13/h2-6H,13H2,1H3. The Hall–Kier alpha value is -1.41. The molecule has 0 saturated heterocycles. The van der Waals surface area contributed by atoms with E-state index in [2.05, 4.69) is 0 Å². The number of anilines is 1. The first kappa shape index (κ1) is 9.16. The van der Waals surface area contributed by atoms with Crippen LogP contribution in [0.1, 0.15) is 0 Å². The summed E-state index contributed by atoms with van der Waals surface area (Å²) in [4.78, 5) is 0. The van der Waals surface area contributed by atoms with Crippen molar-refractivity contribution < 1.29 is 4.74 Å². The summed E-state index contributed by atoms with van der Waals surface area (Å²) in [6.45, 7) is 0. The van der Waals surface area contributed by atoms with Crippen LogP contribution >= 0.6 is 11.6 Å². The molecule has 0 fully saturated rings. The average Bonchev–Trinajstić information content (AvgIpc) is 2.17. The van der Waals surface area contributed by atoms with Gasteiger partial charge in [0.05, 0.1) is 12.8 Å². The maximum atomic E-state index is 5.90. The summed E-state index contributed by atoms with van der Waals surface area (Å²) in [5, 5.41) is 2.70. The molecule has 0 aromatic heterocycles. The topological polar surface area (TPSA) is 35.2 Å². The van der Waals surface area contributed by atoms with Crippen molar-refractivity contribution in [3.8, 4) is 5.75 Å². The SMILES string of the molecule is COc1c(N)ccc2ccc(Cl)cc12. The minimum atomic E-state index is 0.627. The van der Waals surface area contributed by atoms with Crippen molar-refractivity contribution >= 4 is 28.1 Å². The van der Waals surface area contributed by atoms with Crippen molar-refractivity contribution in [3.63, 3.8) is 0 Å². The van der Waals surface area contributed by atoms with Crippen LogP contribution in [0.15, 0.2) is 30.3 Å². The number of benzene rings is 2. The van der Waals surface area contributed by atoms with Gasteiger partial charge in [-0.2, -0.15) is 0 Å². The molecule has 0 bridgehead atoms. The summed E-state index contributed by atoms with van der Waals surface area (Å²) in [5.74, 6) is 0.685. The van der Waals surface area contributed by atoms with Gasteiger partial charge >= 0.3 is 0 Å². The van der Waals surface area contributed by atoms with Crippen molar-refractivity contribution in [2.24, 2.45) is 0 Å². The Balaban J connectivity index is 2.84. The molecule has 2 aromatic carbocycles. The maximum absolute atomic E-state index is 5.90. The van der Waals surface area contributed by atoms with Gasteiger partial charge in [0.25, 0.3) is 0 Å². The highest BCUT2D eigenvalue weighted by molar-refractivity contribution is 6.31. The third kappa shape index (κ3) is 1.38. The van der Waals surface area contributed by atoms with Crippen LogP contribution in [-0.4, -0.2) is 7.11 Å². The Bertz CT molecular complexity index is 477. The molecule has 0 aliphatic rings. The molecular formula is C11H10ClNO. The molecule has 2 nitrogen and oxygen atoms in total. The fourth-order valence-electron chi connectivity index (χ4n) is 1.51. The number of fused-ring (bicyclic) bond motifs is 1. The first-order valence-electron chi connectivity index (χ1n) is 4.24. The fraction of sp³-hybridized carbons (Fsp3) is 0.0909. The zero-order valence-corrected chi connectivity index (χ0v) is 8.51. The van der Waals surface area contributed by atoms with Crippen molar-refractivity contribution in [3.05, 3.63) is 35.4 Å². The molecule has 0 spiro atoms. The summed E-state index contributed by atoms with van der Waals surface area (Å²) in [6.07, 6.45) is 0. The van der Waals surface area contributed by atoms with E-state index in [0.717, 1.165) is 10.8 Å². The van der Waals surface area contributed by atoms with Gasteiger partial charge in [-0.25, -0.2) is 0 Å². The monoisotopic (exact) mass is 207 g/mol. The third-order valence-electron chi connectivity index (χ3n) is 2.17. The van der Waals surface area contributed by atoms with Crippen molar-refractivity contribution in [1.29, 1.82) is 0 Å². The van der Waals surface area contributed by atoms with Gasteiger partial charge in [-0.15, -0.1) is 0 Å². The van der Waals surface area contributed by atoms with Crippen molar-refractivity contribution in [2.45, 2.75) is 0 Å². The highest BCUT2D eigenvalue weighted by Gasteiger charge is 2.05. The van der Waals surface area contributed by atoms with E-state index < -0.39 is 0 Å². The molecule has 3 heteroatoms. The van der Waals surface area contributed by atoms with E-state index in [1.54, 1.807) is 7.11 Å². The van der Waals surface area contributed by atoms with Gasteiger partial charge < -0.3 is 10.5 Å². The van der Waals surface area contributed by atoms with Crippen LogP contribution in [0.25, 0.3) is 10.8 Å². The van der Waals surface area contributed by atoms with E-state index in [-0.39, 0.29) is 0 Å². The number of hydrogen-bond donors (Lipinski definition) is 1. The van der Waals surface area contributed by atoms with E-state index in [4.69, 9.17) is 22.1 Å². The molecule has 0 aliphatic carbocycles. The van der Waals surface area contributed by atoms with Gasteiger partial charge in [-0.05, 0) is 23.6 Å². The molecule has 0 aliphatic heterocycles. The van der Waals surface area contributed by atoms with Crippen LogP contribution in [0.2, 0.25) is 5.02 Å². The lowest BCUT2D eigenvalue weighted by Gasteiger charge is -2.08. The zero-order chi connectivity index (χ0) is 10.1. The molecule has 0 radical (unpaired) electrons. The summed E-state index contributed by atoms with van der Waals surface area (Å²) in [7, 11) is 1.60. The number of rotatable bonds is 1. The second-order valence-electron chi connectivity index (χ2n) is 3.05. The van der Waals surface area contributed by atoms with Gasteiger partial charge in [0, 0.05) is 10.4 Å². The number of halogens is 1. The lowest BCUT2D eigenvalue weighted by atomic mass is 10.1. The fourth-order valence-corrected chi connectivity index (χ4v) is 1.68. The van der Waals surface area contributed by atoms with Crippen LogP contribution in [0.4, 0.5) is 5.69 Å². The molecule has 0 saturated carbocycles. The number of nitrogen functional groups attached to an aromatic ring is 1. The van der Waals surface area contributed by atoms with Crippen LogP contribution < -0.4 is 10.5 Å². The Labute approximate surface area is 87.2 Å². The van der Waals surface area contributed by atoms with Crippen LogP contribution in [0.3, 0.4) is 0 Å². The molecule has 2 rings (SSSR count). The molecule has 0 amide bonds. The average molecular weight is 208 g/mol. The number of methoxy groups -OCH3 is 1. The Morgan fingerprint density at radius 1 is 1.21 bits per heavy atom. The highest BCUT2D eigenvalue weighted by Crippen LogP contribution is 2.33. The van der Waals surface area contributed by atoms with E-state index >= 15 is 0 Å². The Morgan fingerprint density at radius 2 is 1.93 bits per heavy atom. The largest absolute Gasteiger partial charge is 0.494 e. The number of ether oxygens (including phenoxy) is 1. The summed E-state index contributed by atoms with van der Waals surface area (Å²) >= 11 is 5.90. The number of hydrogen-bond acceptors (Lipinski definition) is 2. The number of nitrogens with two attached hydrogens (primary N) is 1.